The summed E-state index contributed by atoms with van der Waals surface area (Å²) in [6, 6.07) is 4.97. The van der Waals surface area contributed by atoms with E-state index in [4.69, 9.17) is 15.2 Å². The quantitative estimate of drug-likeness (QED) is 0.579. The van der Waals surface area contributed by atoms with Gasteiger partial charge in [0.2, 0.25) is 18.6 Å². The second-order valence-corrected chi connectivity index (χ2v) is 10.1. The van der Waals surface area contributed by atoms with Crippen molar-refractivity contribution in [2.45, 2.75) is 45.1 Å². The molecule has 0 spiro atoms. The van der Waals surface area contributed by atoms with Gasteiger partial charge in [0.05, 0.1) is 11.6 Å². The van der Waals surface area contributed by atoms with Crippen LogP contribution in [0.1, 0.15) is 47.0 Å². The molecule has 3 heterocycles. The molecule has 1 aliphatic carbocycles. The van der Waals surface area contributed by atoms with Gasteiger partial charge in [0.25, 0.3) is 5.91 Å². The van der Waals surface area contributed by atoms with Gasteiger partial charge in [0, 0.05) is 22.5 Å². The van der Waals surface area contributed by atoms with Gasteiger partial charge in [-0.1, -0.05) is 0 Å². The molecule has 180 valence electrons. The molecule has 10 heteroatoms. The summed E-state index contributed by atoms with van der Waals surface area (Å²) in [5.74, 6) is 0.493. The Labute approximate surface area is 201 Å². The number of amides is 3. The van der Waals surface area contributed by atoms with Gasteiger partial charge in [-0.25, -0.2) is 0 Å². The minimum Gasteiger partial charge on any atom is -0.454 e. The highest BCUT2D eigenvalue weighted by Gasteiger charge is 2.32. The SMILES string of the molecule is C[C@H](C(=O)Nc1sc2c(c1C(N)=O)CCC2)N1CCC(C(=O)Nc2ccc3c(c2)OCO3)CC1. The maximum atomic E-state index is 13.0. The van der Waals surface area contributed by atoms with Crippen LogP contribution in [0.2, 0.25) is 0 Å². The number of anilines is 2. The van der Waals surface area contributed by atoms with Crippen molar-refractivity contribution in [3.05, 3.63) is 34.2 Å². The number of nitrogens with one attached hydrogen (secondary N) is 2. The number of ether oxygens (including phenoxy) is 2. The summed E-state index contributed by atoms with van der Waals surface area (Å²) >= 11 is 1.46. The van der Waals surface area contributed by atoms with Crippen LogP contribution in [0.25, 0.3) is 0 Å². The van der Waals surface area contributed by atoms with E-state index < -0.39 is 5.91 Å². The average Bonchev–Trinajstić information content (AvgIpc) is 3.54. The molecule has 1 aromatic heterocycles. The lowest BCUT2D eigenvalue weighted by molar-refractivity contribution is -0.123. The van der Waals surface area contributed by atoms with Crippen molar-refractivity contribution in [1.29, 1.82) is 0 Å². The Morgan fingerprint density at radius 1 is 1.12 bits per heavy atom. The number of hydrogen-bond acceptors (Lipinski definition) is 7. The second kappa shape index (κ2) is 9.27. The van der Waals surface area contributed by atoms with Crippen LogP contribution >= 0.6 is 11.3 Å². The number of piperidine rings is 1. The molecule has 5 rings (SSSR count). The van der Waals surface area contributed by atoms with Crippen LogP contribution in [-0.4, -0.2) is 48.5 Å². The number of aryl methyl sites for hydroxylation is 1. The fourth-order valence-corrected chi connectivity index (χ4v) is 6.20. The van der Waals surface area contributed by atoms with Crippen LogP contribution in [0.3, 0.4) is 0 Å². The molecule has 0 radical (unpaired) electrons. The fourth-order valence-electron chi connectivity index (χ4n) is 4.90. The van der Waals surface area contributed by atoms with E-state index in [-0.39, 0.29) is 30.6 Å². The second-order valence-electron chi connectivity index (χ2n) is 8.96. The van der Waals surface area contributed by atoms with Gasteiger partial charge in [0.1, 0.15) is 5.00 Å². The van der Waals surface area contributed by atoms with E-state index >= 15 is 0 Å². The predicted molar refractivity (Wildman–Crippen MR) is 128 cm³/mol. The van der Waals surface area contributed by atoms with Crippen molar-refractivity contribution in [2.75, 3.05) is 30.5 Å². The lowest BCUT2D eigenvalue weighted by Crippen LogP contribution is -2.47. The third-order valence-electron chi connectivity index (χ3n) is 6.87. The van der Waals surface area contributed by atoms with Gasteiger partial charge in [-0.15, -0.1) is 11.3 Å². The molecule has 1 saturated heterocycles. The molecule has 1 aromatic carbocycles. The van der Waals surface area contributed by atoms with Crippen LogP contribution in [-0.2, 0) is 22.4 Å². The van der Waals surface area contributed by atoms with E-state index in [0.717, 1.165) is 29.7 Å². The zero-order valence-corrected chi connectivity index (χ0v) is 19.8. The predicted octanol–water partition coefficient (Wildman–Crippen LogP) is 2.74. The monoisotopic (exact) mass is 484 g/mol. The average molecular weight is 485 g/mol. The molecule has 3 aliphatic rings. The topological polar surface area (TPSA) is 123 Å². The highest BCUT2D eigenvalue weighted by Crippen LogP contribution is 2.39. The van der Waals surface area contributed by atoms with Gasteiger partial charge in [0.15, 0.2) is 11.5 Å². The molecular formula is C24H28N4O5S. The number of carbonyl (C=O) groups excluding carboxylic acids is 3. The Balaban J connectivity index is 1.15. The van der Waals surface area contributed by atoms with E-state index in [1.165, 1.54) is 11.3 Å². The van der Waals surface area contributed by atoms with Crippen molar-refractivity contribution in [3.63, 3.8) is 0 Å². The van der Waals surface area contributed by atoms with E-state index in [1.54, 1.807) is 18.2 Å². The molecule has 0 saturated carbocycles. The number of carbonyl (C=O) groups is 3. The van der Waals surface area contributed by atoms with Crippen LogP contribution in [0.15, 0.2) is 18.2 Å². The smallest absolute Gasteiger partial charge is 0.251 e. The zero-order chi connectivity index (χ0) is 23.8. The number of nitrogens with zero attached hydrogens (tertiary/aromatic N) is 1. The number of thiophene rings is 1. The van der Waals surface area contributed by atoms with E-state index in [9.17, 15) is 14.4 Å². The van der Waals surface area contributed by atoms with E-state index in [2.05, 4.69) is 15.5 Å². The Kier molecular flexibility index (Phi) is 6.18. The van der Waals surface area contributed by atoms with Crippen LogP contribution < -0.4 is 25.8 Å². The van der Waals surface area contributed by atoms with E-state index in [1.807, 2.05) is 6.92 Å². The molecule has 1 fully saturated rings. The Morgan fingerprint density at radius 2 is 1.88 bits per heavy atom. The van der Waals surface area contributed by atoms with Gasteiger partial charge in [-0.3, -0.25) is 19.3 Å². The summed E-state index contributed by atoms with van der Waals surface area (Å²) < 4.78 is 10.7. The van der Waals surface area contributed by atoms with Gasteiger partial charge < -0.3 is 25.8 Å². The van der Waals surface area contributed by atoms with Crippen molar-refractivity contribution >= 4 is 39.7 Å². The minimum absolute atomic E-state index is 0.0326. The summed E-state index contributed by atoms with van der Waals surface area (Å²) in [5.41, 5.74) is 7.75. The highest BCUT2D eigenvalue weighted by atomic mass is 32.1. The third kappa shape index (κ3) is 4.35. The lowest BCUT2D eigenvalue weighted by atomic mass is 9.94. The molecular weight excluding hydrogens is 456 g/mol. The first-order chi connectivity index (χ1) is 16.4. The standard InChI is InChI=1S/C24H28N4O5S/c1-13(22(30)27-24-20(21(25)29)16-3-2-4-19(16)34-24)28-9-7-14(8-10-28)23(31)26-15-5-6-17-18(11-15)33-12-32-17/h5-6,11,13-14H,2-4,7-10,12H2,1H3,(H2,25,29)(H,26,31)(H,27,30)/t13-/m1/s1. The molecule has 4 N–H and O–H groups in total. The molecule has 0 unspecified atom stereocenters. The number of nitrogens with two attached hydrogens (primary N) is 1. The molecule has 0 bridgehead atoms. The van der Waals surface area contributed by atoms with Gasteiger partial charge >= 0.3 is 0 Å². The maximum Gasteiger partial charge on any atom is 0.251 e. The molecule has 2 aromatic rings. The fraction of sp³-hybridized carbons (Fsp3) is 0.458. The largest absolute Gasteiger partial charge is 0.454 e. The first-order valence-corrected chi connectivity index (χ1v) is 12.4. The zero-order valence-electron chi connectivity index (χ0n) is 19.0. The molecule has 2 aliphatic heterocycles. The highest BCUT2D eigenvalue weighted by molar-refractivity contribution is 7.17. The normalized spacial score (nSPS) is 18.4. The third-order valence-corrected chi connectivity index (χ3v) is 8.08. The van der Waals surface area contributed by atoms with Crippen molar-refractivity contribution in [2.24, 2.45) is 11.7 Å². The van der Waals surface area contributed by atoms with Gasteiger partial charge in [-0.2, -0.15) is 0 Å². The van der Waals surface area contributed by atoms with Crippen molar-refractivity contribution in [3.8, 4) is 11.5 Å². The molecule has 34 heavy (non-hydrogen) atoms. The molecule has 9 nitrogen and oxygen atoms in total. The van der Waals surface area contributed by atoms with Crippen LogP contribution in [0.5, 0.6) is 11.5 Å². The number of benzene rings is 1. The number of fused-ring (bicyclic) bond motifs is 2. The van der Waals surface area contributed by atoms with Crippen LogP contribution in [0.4, 0.5) is 10.7 Å². The summed E-state index contributed by atoms with van der Waals surface area (Å²) in [7, 11) is 0. The summed E-state index contributed by atoms with van der Waals surface area (Å²) in [6.45, 7) is 3.32. The molecule has 1 atom stereocenters. The van der Waals surface area contributed by atoms with Crippen molar-refractivity contribution < 1.29 is 23.9 Å². The number of hydrogen-bond donors (Lipinski definition) is 3. The maximum absolute atomic E-state index is 13.0. The Bertz CT molecular complexity index is 1140. The van der Waals surface area contributed by atoms with Crippen molar-refractivity contribution in [1.82, 2.24) is 4.90 Å². The van der Waals surface area contributed by atoms with E-state index in [0.29, 0.717) is 53.7 Å². The lowest BCUT2D eigenvalue weighted by Gasteiger charge is -2.34. The first kappa shape index (κ1) is 22.7. The molecule has 3 amide bonds. The summed E-state index contributed by atoms with van der Waals surface area (Å²) in [5, 5.41) is 6.46. The number of rotatable bonds is 6. The summed E-state index contributed by atoms with van der Waals surface area (Å²) in [4.78, 5) is 40.9. The minimum atomic E-state index is -0.489. The number of likely N-dealkylation sites (tertiary alicyclic amines) is 1. The summed E-state index contributed by atoms with van der Waals surface area (Å²) in [6.07, 6.45) is 4.09. The Hall–Kier alpha value is -3.11. The Morgan fingerprint density at radius 3 is 2.65 bits per heavy atom. The van der Waals surface area contributed by atoms with Gasteiger partial charge in [-0.05, 0) is 69.8 Å². The number of primary amides is 1. The van der Waals surface area contributed by atoms with Crippen LogP contribution in [0, 0.1) is 5.92 Å². The first-order valence-electron chi connectivity index (χ1n) is 11.6.